The maximum absolute atomic E-state index is 12.6. The van der Waals surface area contributed by atoms with Gasteiger partial charge >= 0.3 is 0 Å². The number of anilines is 2. The van der Waals surface area contributed by atoms with E-state index in [-0.39, 0.29) is 11.8 Å². The molecule has 0 spiro atoms. The zero-order valence-corrected chi connectivity index (χ0v) is 15.8. The largest absolute Gasteiger partial charge is 0.356 e. The van der Waals surface area contributed by atoms with E-state index in [0.29, 0.717) is 23.5 Å². The zero-order valence-electron chi connectivity index (χ0n) is 15.0. The van der Waals surface area contributed by atoms with Crippen molar-refractivity contribution in [1.82, 2.24) is 10.3 Å². The van der Waals surface area contributed by atoms with Gasteiger partial charge in [-0.3, -0.25) is 9.59 Å². The Morgan fingerprint density at radius 1 is 1.22 bits per heavy atom. The minimum Gasteiger partial charge on any atom is -0.356 e. The number of hydrogen-bond acceptors (Lipinski definition) is 5. The standard InChI is InChI=1S/C20H22N4O2S/c25-18-13-27-17-7-6-14(11-16(17)23-18)20(26)22-12-15-5-4-8-21-19(15)24-9-2-1-3-10-24/h4-8,11H,1-3,9-10,12-13H2,(H,22,26)(H,23,25). The zero-order chi connectivity index (χ0) is 18.6. The van der Waals surface area contributed by atoms with Crippen LogP contribution in [-0.4, -0.2) is 35.6 Å². The number of fused-ring (bicyclic) bond motifs is 1. The van der Waals surface area contributed by atoms with Crippen LogP contribution in [0.5, 0.6) is 0 Å². The summed E-state index contributed by atoms with van der Waals surface area (Å²) < 4.78 is 0. The molecule has 2 aromatic rings. The summed E-state index contributed by atoms with van der Waals surface area (Å²) in [6, 6.07) is 9.34. The minimum atomic E-state index is -0.156. The number of hydrogen-bond donors (Lipinski definition) is 2. The number of piperidine rings is 1. The van der Waals surface area contributed by atoms with Gasteiger partial charge < -0.3 is 15.5 Å². The molecule has 0 unspecified atom stereocenters. The van der Waals surface area contributed by atoms with Crippen LogP contribution in [0.2, 0.25) is 0 Å². The first-order valence-corrected chi connectivity index (χ1v) is 10.2. The van der Waals surface area contributed by atoms with Crippen LogP contribution in [0.4, 0.5) is 11.5 Å². The quantitative estimate of drug-likeness (QED) is 0.850. The second kappa shape index (κ2) is 8.00. The van der Waals surface area contributed by atoms with Crippen molar-refractivity contribution >= 4 is 35.1 Å². The fourth-order valence-corrected chi connectivity index (χ4v) is 4.25. The number of benzene rings is 1. The summed E-state index contributed by atoms with van der Waals surface area (Å²) in [7, 11) is 0. The lowest BCUT2D eigenvalue weighted by Crippen LogP contribution is -2.32. The monoisotopic (exact) mass is 382 g/mol. The molecule has 1 fully saturated rings. The Morgan fingerprint density at radius 2 is 2.07 bits per heavy atom. The van der Waals surface area contributed by atoms with E-state index in [1.807, 2.05) is 18.2 Å². The molecule has 7 heteroatoms. The van der Waals surface area contributed by atoms with Crippen LogP contribution in [0.3, 0.4) is 0 Å². The Labute approximate surface area is 162 Å². The molecule has 2 aliphatic rings. The van der Waals surface area contributed by atoms with Crippen molar-refractivity contribution in [2.75, 3.05) is 29.1 Å². The van der Waals surface area contributed by atoms with Gasteiger partial charge in [0.25, 0.3) is 5.91 Å². The van der Waals surface area contributed by atoms with E-state index in [1.54, 1.807) is 18.3 Å². The molecule has 0 radical (unpaired) electrons. The number of thioether (sulfide) groups is 1. The first kappa shape index (κ1) is 17.9. The van der Waals surface area contributed by atoms with Crippen molar-refractivity contribution in [3.8, 4) is 0 Å². The number of nitrogens with one attached hydrogen (secondary N) is 2. The third-order valence-electron chi connectivity index (χ3n) is 4.84. The van der Waals surface area contributed by atoms with E-state index in [0.717, 1.165) is 29.4 Å². The van der Waals surface area contributed by atoms with Crippen LogP contribution >= 0.6 is 11.8 Å². The lowest BCUT2D eigenvalue weighted by Gasteiger charge is -2.29. The molecular weight excluding hydrogens is 360 g/mol. The smallest absolute Gasteiger partial charge is 0.251 e. The summed E-state index contributed by atoms with van der Waals surface area (Å²) in [6.07, 6.45) is 5.43. The molecule has 4 rings (SSSR count). The summed E-state index contributed by atoms with van der Waals surface area (Å²) in [5, 5.41) is 5.81. The van der Waals surface area contributed by atoms with Crippen molar-refractivity contribution < 1.29 is 9.59 Å². The van der Waals surface area contributed by atoms with Gasteiger partial charge in [-0.2, -0.15) is 0 Å². The molecular formula is C20H22N4O2S. The highest BCUT2D eigenvalue weighted by molar-refractivity contribution is 8.00. The van der Waals surface area contributed by atoms with Crippen molar-refractivity contribution in [2.45, 2.75) is 30.7 Å². The van der Waals surface area contributed by atoms with Gasteiger partial charge in [-0.1, -0.05) is 6.07 Å². The maximum Gasteiger partial charge on any atom is 0.251 e. The molecule has 27 heavy (non-hydrogen) atoms. The van der Waals surface area contributed by atoms with Gasteiger partial charge in [-0.05, 0) is 43.5 Å². The predicted molar refractivity (Wildman–Crippen MR) is 107 cm³/mol. The Morgan fingerprint density at radius 3 is 2.93 bits per heavy atom. The van der Waals surface area contributed by atoms with Crippen molar-refractivity contribution in [3.63, 3.8) is 0 Å². The number of amides is 2. The number of pyridine rings is 1. The van der Waals surface area contributed by atoms with E-state index in [1.165, 1.54) is 31.0 Å². The van der Waals surface area contributed by atoms with Gasteiger partial charge in [0.15, 0.2) is 0 Å². The Bertz CT molecular complexity index is 865. The number of nitrogens with zero attached hydrogens (tertiary/aromatic N) is 2. The summed E-state index contributed by atoms with van der Waals surface area (Å²) in [5.41, 5.74) is 2.27. The average molecular weight is 382 g/mol. The van der Waals surface area contributed by atoms with E-state index < -0.39 is 0 Å². The highest BCUT2D eigenvalue weighted by atomic mass is 32.2. The second-order valence-corrected chi connectivity index (χ2v) is 7.78. The van der Waals surface area contributed by atoms with Crippen LogP contribution in [0.1, 0.15) is 35.2 Å². The molecule has 0 aliphatic carbocycles. The summed E-state index contributed by atoms with van der Waals surface area (Å²) in [4.78, 5) is 32.0. The molecule has 0 bridgehead atoms. The van der Waals surface area contributed by atoms with Crippen molar-refractivity contribution in [1.29, 1.82) is 0 Å². The predicted octanol–water partition coefficient (Wildman–Crippen LogP) is 3.05. The van der Waals surface area contributed by atoms with E-state index in [9.17, 15) is 9.59 Å². The van der Waals surface area contributed by atoms with Gasteiger partial charge in [0.05, 0.1) is 11.4 Å². The average Bonchev–Trinajstić information content (AvgIpc) is 2.72. The van der Waals surface area contributed by atoms with Crippen LogP contribution in [0.25, 0.3) is 0 Å². The lowest BCUT2D eigenvalue weighted by atomic mass is 10.1. The fourth-order valence-electron chi connectivity index (χ4n) is 3.46. The van der Waals surface area contributed by atoms with E-state index in [2.05, 4.69) is 20.5 Å². The molecule has 0 saturated carbocycles. The maximum atomic E-state index is 12.6. The summed E-state index contributed by atoms with van der Waals surface area (Å²) in [6.45, 7) is 2.46. The molecule has 2 amide bonds. The SMILES string of the molecule is O=C1CSc2ccc(C(=O)NCc3cccnc3N3CCCCC3)cc2N1. The van der Waals surface area contributed by atoms with Gasteiger partial charge in [0.2, 0.25) is 5.91 Å². The minimum absolute atomic E-state index is 0.0356. The van der Waals surface area contributed by atoms with Gasteiger partial charge in [0.1, 0.15) is 5.82 Å². The van der Waals surface area contributed by atoms with Gasteiger partial charge in [-0.15, -0.1) is 11.8 Å². The Kier molecular flexibility index (Phi) is 5.29. The highest BCUT2D eigenvalue weighted by Gasteiger charge is 2.18. The van der Waals surface area contributed by atoms with E-state index >= 15 is 0 Å². The molecule has 0 atom stereocenters. The first-order chi connectivity index (χ1) is 13.2. The Balaban J connectivity index is 1.45. The molecule has 140 valence electrons. The van der Waals surface area contributed by atoms with Crippen LogP contribution in [-0.2, 0) is 11.3 Å². The summed E-state index contributed by atoms with van der Waals surface area (Å²) >= 11 is 1.49. The molecule has 1 aromatic carbocycles. The third-order valence-corrected chi connectivity index (χ3v) is 5.91. The summed E-state index contributed by atoms with van der Waals surface area (Å²) in [5.74, 6) is 1.19. The van der Waals surface area contributed by atoms with Crippen molar-refractivity contribution in [2.24, 2.45) is 0 Å². The lowest BCUT2D eigenvalue weighted by molar-refractivity contribution is -0.113. The fraction of sp³-hybridized carbons (Fsp3) is 0.350. The number of carbonyl (C=O) groups is 2. The van der Waals surface area contributed by atoms with Crippen molar-refractivity contribution in [3.05, 3.63) is 47.7 Å². The normalized spacial score (nSPS) is 16.4. The number of rotatable bonds is 4. The molecule has 1 aromatic heterocycles. The van der Waals surface area contributed by atoms with Gasteiger partial charge in [-0.25, -0.2) is 4.98 Å². The molecule has 2 N–H and O–H groups in total. The number of carbonyl (C=O) groups excluding carboxylic acids is 2. The molecule has 1 saturated heterocycles. The molecule has 2 aliphatic heterocycles. The molecule has 3 heterocycles. The second-order valence-electron chi connectivity index (χ2n) is 6.76. The Hall–Kier alpha value is -2.54. The third kappa shape index (κ3) is 4.08. The van der Waals surface area contributed by atoms with Crippen LogP contribution in [0.15, 0.2) is 41.4 Å². The first-order valence-electron chi connectivity index (χ1n) is 9.24. The van der Waals surface area contributed by atoms with Gasteiger partial charge in [0, 0.05) is 41.9 Å². The van der Waals surface area contributed by atoms with E-state index in [4.69, 9.17) is 0 Å². The van der Waals surface area contributed by atoms with Crippen LogP contribution < -0.4 is 15.5 Å². The molecule has 6 nitrogen and oxygen atoms in total. The topological polar surface area (TPSA) is 74.3 Å². The van der Waals surface area contributed by atoms with Crippen LogP contribution in [0, 0.1) is 0 Å². The highest BCUT2D eigenvalue weighted by Crippen LogP contribution is 2.32. The number of aromatic nitrogens is 1.